The summed E-state index contributed by atoms with van der Waals surface area (Å²) in [4.78, 5) is 14.5. The van der Waals surface area contributed by atoms with Crippen molar-refractivity contribution in [2.45, 2.75) is 23.1 Å². The molecule has 0 aromatic carbocycles. The Bertz CT molecular complexity index is 505. The molecule has 80 valence electrons. The van der Waals surface area contributed by atoms with Crippen LogP contribution in [0.3, 0.4) is 0 Å². The molecule has 1 heterocycles. The van der Waals surface area contributed by atoms with Gasteiger partial charge in [-0.1, -0.05) is 0 Å². The minimum absolute atomic E-state index is 0.246. The number of carboxylic acids is 1. The number of carbonyl (C=O) groups is 1. The van der Waals surface area contributed by atoms with Crippen molar-refractivity contribution in [2.75, 3.05) is 0 Å². The van der Waals surface area contributed by atoms with E-state index in [0.29, 0.717) is 12.8 Å². The van der Waals surface area contributed by atoms with E-state index in [0.717, 1.165) is 0 Å². The molecular weight excluding hydrogens is 218 g/mol. The molecule has 1 aromatic heterocycles. The van der Waals surface area contributed by atoms with Crippen molar-refractivity contribution in [3.05, 3.63) is 23.9 Å². The number of aromatic nitrogens is 1. The van der Waals surface area contributed by atoms with Crippen LogP contribution in [0.5, 0.6) is 0 Å². The third-order valence-corrected chi connectivity index (χ3v) is 4.45. The summed E-state index contributed by atoms with van der Waals surface area (Å²) in [5.74, 6) is -1.26. The highest BCUT2D eigenvalue weighted by Gasteiger charge is 2.39. The first-order valence-corrected chi connectivity index (χ1v) is 6.00. The summed E-state index contributed by atoms with van der Waals surface area (Å²) >= 11 is 0. The highest BCUT2D eigenvalue weighted by Crippen LogP contribution is 2.33. The molecule has 2 rings (SSSR count). The minimum Gasteiger partial charge on any atom is -0.478 e. The lowest BCUT2D eigenvalue weighted by Gasteiger charge is -2.04. The van der Waals surface area contributed by atoms with Gasteiger partial charge in [-0.25, -0.2) is 18.2 Å². The fraction of sp³-hybridized carbons (Fsp3) is 0.333. The second kappa shape index (κ2) is 3.30. The van der Waals surface area contributed by atoms with Gasteiger partial charge >= 0.3 is 5.97 Å². The zero-order valence-corrected chi connectivity index (χ0v) is 8.57. The van der Waals surface area contributed by atoms with Crippen molar-refractivity contribution in [3.8, 4) is 0 Å². The van der Waals surface area contributed by atoms with Crippen LogP contribution < -0.4 is 0 Å². The molecule has 0 saturated heterocycles. The van der Waals surface area contributed by atoms with Gasteiger partial charge in [-0.3, -0.25) is 0 Å². The molecule has 0 aliphatic heterocycles. The molecule has 6 heteroatoms. The maximum Gasteiger partial charge on any atom is 0.338 e. The Morgan fingerprint density at radius 2 is 2.13 bits per heavy atom. The van der Waals surface area contributed by atoms with Crippen LogP contribution in [0, 0.1) is 0 Å². The molecule has 0 atom stereocenters. The molecule has 15 heavy (non-hydrogen) atoms. The Morgan fingerprint density at radius 1 is 1.47 bits per heavy atom. The first-order chi connectivity index (χ1) is 7.03. The van der Waals surface area contributed by atoms with Crippen molar-refractivity contribution < 1.29 is 18.3 Å². The van der Waals surface area contributed by atoms with E-state index in [1.807, 2.05) is 0 Å². The fourth-order valence-corrected chi connectivity index (χ4v) is 3.06. The van der Waals surface area contributed by atoms with Gasteiger partial charge in [-0.15, -0.1) is 0 Å². The molecule has 5 nitrogen and oxygen atoms in total. The highest BCUT2D eigenvalue weighted by molar-refractivity contribution is 7.92. The van der Waals surface area contributed by atoms with Crippen molar-refractivity contribution in [1.82, 2.24) is 4.98 Å². The molecule has 1 saturated carbocycles. The molecular formula is C9H9NO4S. The zero-order valence-electron chi connectivity index (χ0n) is 7.75. The minimum atomic E-state index is -3.53. The van der Waals surface area contributed by atoms with Gasteiger partial charge < -0.3 is 5.11 Å². The maximum atomic E-state index is 11.8. The molecule has 1 aliphatic rings. The average Bonchev–Trinajstić information content (AvgIpc) is 3.01. The van der Waals surface area contributed by atoms with Crippen molar-refractivity contribution in [3.63, 3.8) is 0 Å². The number of carboxylic acid groups (broad SMARTS) is 1. The van der Waals surface area contributed by atoms with Crippen molar-refractivity contribution in [1.29, 1.82) is 0 Å². The zero-order chi connectivity index (χ0) is 11.1. The standard InChI is InChI=1S/C9H9NO4S/c11-9(12)7-2-1-5-10-8(7)15(13,14)6-3-4-6/h1-2,5-6H,3-4H2,(H,11,12). The molecule has 0 radical (unpaired) electrons. The van der Waals surface area contributed by atoms with E-state index in [2.05, 4.69) is 4.98 Å². The van der Waals surface area contributed by atoms with Gasteiger partial charge in [0.05, 0.1) is 10.8 Å². The van der Waals surface area contributed by atoms with Crippen LogP contribution in [0.15, 0.2) is 23.4 Å². The molecule has 1 N–H and O–H groups in total. The summed E-state index contributed by atoms with van der Waals surface area (Å²) in [6.45, 7) is 0. The van der Waals surface area contributed by atoms with Gasteiger partial charge in [0.1, 0.15) is 0 Å². The molecule has 1 aromatic rings. The largest absolute Gasteiger partial charge is 0.478 e. The SMILES string of the molecule is O=C(O)c1cccnc1S(=O)(=O)C1CC1. The molecule has 0 bridgehead atoms. The van der Waals surface area contributed by atoms with Crippen LogP contribution in [0.4, 0.5) is 0 Å². The smallest absolute Gasteiger partial charge is 0.338 e. The third kappa shape index (κ3) is 1.72. The van der Waals surface area contributed by atoms with E-state index < -0.39 is 21.1 Å². The highest BCUT2D eigenvalue weighted by atomic mass is 32.2. The van der Waals surface area contributed by atoms with E-state index in [1.54, 1.807) is 0 Å². The Morgan fingerprint density at radius 3 is 2.67 bits per heavy atom. The van der Waals surface area contributed by atoms with E-state index in [4.69, 9.17) is 5.11 Å². The monoisotopic (exact) mass is 227 g/mol. The van der Waals surface area contributed by atoms with Gasteiger partial charge in [0.25, 0.3) is 0 Å². The quantitative estimate of drug-likeness (QED) is 0.822. The topological polar surface area (TPSA) is 84.3 Å². The van der Waals surface area contributed by atoms with Crippen LogP contribution in [0.1, 0.15) is 23.2 Å². The van der Waals surface area contributed by atoms with Gasteiger partial charge in [0, 0.05) is 6.20 Å². The Kier molecular flexibility index (Phi) is 2.22. The summed E-state index contributed by atoms with van der Waals surface area (Å²) in [5.41, 5.74) is -0.246. The Labute approximate surface area is 86.7 Å². The molecule has 1 aliphatic carbocycles. The summed E-state index contributed by atoms with van der Waals surface area (Å²) in [5, 5.41) is 8.08. The summed E-state index contributed by atoms with van der Waals surface area (Å²) in [6.07, 6.45) is 2.48. The number of hydrogen-bond donors (Lipinski definition) is 1. The van der Waals surface area contributed by atoms with E-state index in [9.17, 15) is 13.2 Å². The second-order valence-electron chi connectivity index (χ2n) is 3.41. The Balaban J connectivity index is 2.57. The predicted molar refractivity (Wildman–Crippen MR) is 51.4 cm³/mol. The Hall–Kier alpha value is -1.43. The molecule has 1 fully saturated rings. The lowest BCUT2D eigenvalue weighted by atomic mass is 10.3. The lowest BCUT2D eigenvalue weighted by Crippen LogP contribution is -2.14. The number of pyridine rings is 1. The number of sulfone groups is 1. The van der Waals surface area contributed by atoms with Gasteiger partial charge in [-0.05, 0) is 25.0 Å². The van der Waals surface area contributed by atoms with Crippen molar-refractivity contribution >= 4 is 15.8 Å². The summed E-state index contributed by atoms with van der Waals surface area (Å²) in [7, 11) is -3.53. The van der Waals surface area contributed by atoms with Crippen LogP contribution in [-0.4, -0.2) is 29.7 Å². The van der Waals surface area contributed by atoms with Crippen LogP contribution in [-0.2, 0) is 9.84 Å². The van der Waals surface area contributed by atoms with E-state index in [-0.39, 0.29) is 10.6 Å². The first-order valence-electron chi connectivity index (χ1n) is 4.45. The molecule has 0 unspecified atom stereocenters. The fourth-order valence-electron chi connectivity index (χ4n) is 1.32. The van der Waals surface area contributed by atoms with Crippen LogP contribution in [0.25, 0.3) is 0 Å². The van der Waals surface area contributed by atoms with Crippen LogP contribution >= 0.6 is 0 Å². The first kappa shape index (κ1) is 10.1. The van der Waals surface area contributed by atoms with Gasteiger partial charge in [-0.2, -0.15) is 0 Å². The number of nitrogens with zero attached hydrogens (tertiary/aromatic N) is 1. The third-order valence-electron chi connectivity index (χ3n) is 2.23. The maximum absolute atomic E-state index is 11.8. The van der Waals surface area contributed by atoms with Crippen LogP contribution in [0.2, 0.25) is 0 Å². The predicted octanol–water partition coefficient (Wildman–Crippen LogP) is 0.716. The van der Waals surface area contributed by atoms with Gasteiger partial charge in [0.15, 0.2) is 14.9 Å². The summed E-state index contributed by atoms with van der Waals surface area (Å²) in [6, 6.07) is 2.67. The number of hydrogen-bond acceptors (Lipinski definition) is 4. The van der Waals surface area contributed by atoms with Gasteiger partial charge in [0.2, 0.25) is 0 Å². The average molecular weight is 227 g/mol. The summed E-state index contributed by atoms with van der Waals surface area (Å²) < 4.78 is 23.6. The molecule has 0 spiro atoms. The number of rotatable bonds is 3. The lowest BCUT2D eigenvalue weighted by molar-refractivity contribution is 0.0691. The van der Waals surface area contributed by atoms with E-state index in [1.165, 1.54) is 18.3 Å². The normalized spacial score (nSPS) is 16.3. The van der Waals surface area contributed by atoms with Crippen molar-refractivity contribution in [2.24, 2.45) is 0 Å². The molecule has 0 amide bonds. The second-order valence-corrected chi connectivity index (χ2v) is 5.55. The number of aromatic carboxylic acids is 1. The van der Waals surface area contributed by atoms with E-state index >= 15 is 0 Å².